The van der Waals surface area contributed by atoms with Crippen LogP contribution in [-0.2, 0) is 17.6 Å². The van der Waals surface area contributed by atoms with E-state index < -0.39 is 12.0 Å². The molecule has 0 spiro atoms. The number of aromatic nitrogens is 3. The molecule has 0 saturated carbocycles. The molecular weight excluding hydrogens is 280 g/mol. The summed E-state index contributed by atoms with van der Waals surface area (Å²) >= 11 is 0. The van der Waals surface area contributed by atoms with E-state index >= 15 is 0 Å². The summed E-state index contributed by atoms with van der Waals surface area (Å²) in [5.74, 6) is 1.48. The van der Waals surface area contributed by atoms with Gasteiger partial charge < -0.3 is 10.0 Å². The van der Waals surface area contributed by atoms with Crippen LogP contribution in [0.3, 0.4) is 0 Å². The van der Waals surface area contributed by atoms with Crippen molar-refractivity contribution in [3.8, 4) is 0 Å². The summed E-state index contributed by atoms with van der Waals surface area (Å²) in [4.78, 5) is 18.5. The van der Waals surface area contributed by atoms with E-state index in [9.17, 15) is 9.90 Å². The highest BCUT2D eigenvalue weighted by atomic mass is 16.4. The molecule has 0 amide bonds. The molecular formula is C16H26N4O2. The molecule has 6 nitrogen and oxygen atoms in total. The Bertz CT molecular complexity index is 540. The molecule has 1 saturated heterocycles. The zero-order chi connectivity index (χ0) is 15.7. The van der Waals surface area contributed by atoms with Crippen LogP contribution in [0.1, 0.15) is 57.2 Å². The first-order valence-electron chi connectivity index (χ1n) is 8.45. The maximum Gasteiger partial charge on any atom is 0.328 e. The van der Waals surface area contributed by atoms with Gasteiger partial charge in [0, 0.05) is 25.4 Å². The number of aliphatic carboxylic acids is 1. The van der Waals surface area contributed by atoms with Gasteiger partial charge in [-0.05, 0) is 52.0 Å². The third-order valence-electron chi connectivity index (χ3n) is 4.96. The number of carboxylic acids is 1. The zero-order valence-corrected chi connectivity index (χ0v) is 13.5. The quantitative estimate of drug-likeness (QED) is 0.920. The average molecular weight is 306 g/mol. The number of hydrogen-bond acceptors (Lipinski definition) is 4. The maximum absolute atomic E-state index is 11.3. The highest BCUT2D eigenvalue weighted by Gasteiger charge is 2.29. The van der Waals surface area contributed by atoms with Gasteiger partial charge in [-0.15, -0.1) is 0 Å². The Hall–Kier alpha value is -1.43. The predicted molar refractivity (Wildman–Crippen MR) is 82.8 cm³/mol. The van der Waals surface area contributed by atoms with E-state index in [-0.39, 0.29) is 0 Å². The average Bonchev–Trinajstić information content (AvgIpc) is 2.89. The van der Waals surface area contributed by atoms with Crippen LogP contribution in [0.2, 0.25) is 0 Å². The van der Waals surface area contributed by atoms with Crippen LogP contribution in [0.4, 0.5) is 0 Å². The van der Waals surface area contributed by atoms with Gasteiger partial charge >= 0.3 is 5.97 Å². The molecule has 3 rings (SSSR count). The summed E-state index contributed by atoms with van der Waals surface area (Å²) in [6.45, 7) is 6.77. The molecule has 122 valence electrons. The molecule has 3 heterocycles. The molecule has 1 fully saturated rings. The number of carbonyl (C=O) groups is 1. The van der Waals surface area contributed by atoms with E-state index in [2.05, 4.69) is 28.8 Å². The lowest BCUT2D eigenvalue weighted by atomic mass is 9.94. The van der Waals surface area contributed by atoms with E-state index in [0.29, 0.717) is 18.4 Å². The highest BCUT2D eigenvalue weighted by Crippen LogP contribution is 2.25. The van der Waals surface area contributed by atoms with Crippen molar-refractivity contribution in [1.82, 2.24) is 19.7 Å². The number of aryl methyl sites for hydroxylation is 1. The lowest BCUT2D eigenvalue weighted by molar-refractivity contribution is -0.141. The van der Waals surface area contributed by atoms with Crippen molar-refractivity contribution in [3.05, 3.63) is 11.6 Å². The van der Waals surface area contributed by atoms with E-state index in [1.54, 1.807) is 4.68 Å². The molecule has 0 radical (unpaired) electrons. The Morgan fingerprint density at radius 3 is 2.91 bits per heavy atom. The van der Waals surface area contributed by atoms with Gasteiger partial charge in [-0.3, -0.25) is 0 Å². The zero-order valence-electron chi connectivity index (χ0n) is 13.5. The first kappa shape index (κ1) is 15.5. The first-order valence-corrected chi connectivity index (χ1v) is 8.45. The topological polar surface area (TPSA) is 71.2 Å². The molecule has 1 aromatic rings. The summed E-state index contributed by atoms with van der Waals surface area (Å²) in [5, 5.41) is 13.8. The van der Waals surface area contributed by atoms with E-state index in [1.807, 2.05) is 0 Å². The molecule has 2 unspecified atom stereocenters. The molecule has 0 aliphatic carbocycles. The minimum absolute atomic E-state index is 0.525. The van der Waals surface area contributed by atoms with Crippen molar-refractivity contribution in [2.75, 3.05) is 13.1 Å². The maximum atomic E-state index is 11.3. The van der Waals surface area contributed by atoms with Gasteiger partial charge in [0.25, 0.3) is 0 Å². The summed E-state index contributed by atoms with van der Waals surface area (Å²) in [7, 11) is 0. The van der Waals surface area contributed by atoms with Crippen LogP contribution in [0.5, 0.6) is 0 Å². The molecule has 2 atom stereocenters. The molecule has 22 heavy (non-hydrogen) atoms. The molecule has 0 bridgehead atoms. The normalized spacial score (nSPS) is 26.1. The number of nitrogens with zero attached hydrogens (tertiary/aromatic N) is 4. The van der Waals surface area contributed by atoms with Crippen LogP contribution in [-0.4, -0.2) is 49.9 Å². The Kier molecular flexibility index (Phi) is 4.47. The summed E-state index contributed by atoms with van der Waals surface area (Å²) in [6, 6.07) is 0.0610. The second-order valence-electron chi connectivity index (χ2n) is 6.94. The molecule has 2 aliphatic heterocycles. The number of hydrogen-bond donors (Lipinski definition) is 1. The molecule has 0 aromatic carbocycles. The van der Waals surface area contributed by atoms with Gasteiger partial charge in [-0.25, -0.2) is 14.5 Å². The fourth-order valence-electron chi connectivity index (χ4n) is 3.71. The van der Waals surface area contributed by atoms with Crippen molar-refractivity contribution < 1.29 is 9.90 Å². The van der Waals surface area contributed by atoms with Crippen molar-refractivity contribution in [3.63, 3.8) is 0 Å². The molecule has 2 aliphatic rings. The lowest BCUT2D eigenvalue weighted by Crippen LogP contribution is -2.40. The smallest absolute Gasteiger partial charge is 0.328 e. The number of likely N-dealkylation sites (tertiary alicyclic amines) is 1. The first-order chi connectivity index (χ1) is 10.5. The van der Waals surface area contributed by atoms with Crippen molar-refractivity contribution >= 4 is 5.97 Å². The summed E-state index contributed by atoms with van der Waals surface area (Å²) in [6.07, 6.45) is 5.72. The van der Waals surface area contributed by atoms with Gasteiger partial charge in [0.05, 0.1) is 0 Å². The van der Waals surface area contributed by atoms with E-state index in [0.717, 1.165) is 37.5 Å². The van der Waals surface area contributed by atoms with Crippen LogP contribution < -0.4 is 0 Å². The van der Waals surface area contributed by atoms with Crippen molar-refractivity contribution in [2.45, 2.75) is 64.5 Å². The van der Waals surface area contributed by atoms with Gasteiger partial charge in [-0.2, -0.15) is 5.10 Å². The standard InChI is InChI=1S/C16H26N4O2/c1-11(2)19-8-4-5-12(10-19)9-14-17-15-7-3-6-13(16(21)22)20(15)18-14/h11-13H,3-10H2,1-2H3,(H,21,22). The molecule has 1 N–H and O–H groups in total. The summed E-state index contributed by atoms with van der Waals surface area (Å²) < 4.78 is 1.66. The fourth-order valence-corrected chi connectivity index (χ4v) is 3.71. The van der Waals surface area contributed by atoms with Crippen LogP contribution in [0.25, 0.3) is 0 Å². The van der Waals surface area contributed by atoms with Crippen molar-refractivity contribution in [2.24, 2.45) is 5.92 Å². The van der Waals surface area contributed by atoms with Gasteiger partial charge in [0.15, 0.2) is 11.9 Å². The summed E-state index contributed by atoms with van der Waals surface area (Å²) in [5.41, 5.74) is 0. The molecule has 1 aromatic heterocycles. The van der Waals surface area contributed by atoms with Gasteiger partial charge in [0.2, 0.25) is 0 Å². The Balaban J connectivity index is 1.70. The fraction of sp³-hybridized carbons (Fsp3) is 0.812. The number of carboxylic acid groups (broad SMARTS) is 1. The third-order valence-corrected chi connectivity index (χ3v) is 4.96. The number of piperidine rings is 1. The van der Waals surface area contributed by atoms with E-state index in [4.69, 9.17) is 0 Å². The van der Waals surface area contributed by atoms with Crippen LogP contribution >= 0.6 is 0 Å². The van der Waals surface area contributed by atoms with E-state index in [1.165, 1.54) is 19.4 Å². The van der Waals surface area contributed by atoms with Crippen molar-refractivity contribution in [1.29, 1.82) is 0 Å². The molecule has 6 heteroatoms. The third kappa shape index (κ3) is 3.16. The van der Waals surface area contributed by atoms with Crippen LogP contribution in [0.15, 0.2) is 0 Å². The Labute approximate surface area is 131 Å². The Morgan fingerprint density at radius 1 is 1.36 bits per heavy atom. The SMILES string of the molecule is CC(C)N1CCCC(Cc2nc3n(n2)C(C(=O)O)CCC3)C1. The monoisotopic (exact) mass is 306 g/mol. The highest BCUT2D eigenvalue weighted by molar-refractivity contribution is 5.71. The lowest BCUT2D eigenvalue weighted by Gasteiger charge is -2.35. The minimum Gasteiger partial charge on any atom is -0.480 e. The minimum atomic E-state index is -0.791. The van der Waals surface area contributed by atoms with Gasteiger partial charge in [-0.1, -0.05) is 0 Å². The second-order valence-corrected chi connectivity index (χ2v) is 6.94. The number of fused-ring (bicyclic) bond motifs is 1. The Morgan fingerprint density at radius 2 is 2.18 bits per heavy atom. The van der Waals surface area contributed by atoms with Crippen LogP contribution in [0, 0.1) is 5.92 Å². The largest absolute Gasteiger partial charge is 0.480 e. The second kappa shape index (κ2) is 6.36. The number of rotatable bonds is 4. The van der Waals surface area contributed by atoms with Gasteiger partial charge in [0.1, 0.15) is 5.82 Å². The predicted octanol–water partition coefficient (Wildman–Crippen LogP) is 1.90.